The highest BCUT2D eigenvalue weighted by molar-refractivity contribution is 6.30. The van der Waals surface area contributed by atoms with Crippen molar-refractivity contribution in [1.82, 2.24) is 5.43 Å². The third kappa shape index (κ3) is 2.93. The van der Waals surface area contributed by atoms with E-state index in [0.29, 0.717) is 16.3 Å². The molecule has 1 atom stereocenters. The first-order valence-electron chi connectivity index (χ1n) is 6.12. The van der Waals surface area contributed by atoms with Crippen LogP contribution in [0.1, 0.15) is 22.7 Å². The minimum absolute atomic E-state index is 0.324. The van der Waals surface area contributed by atoms with Gasteiger partial charge < -0.3 is 4.74 Å². The Balaban J connectivity index is 2.55. The van der Waals surface area contributed by atoms with E-state index in [1.807, 2.05) is 6.92 Å². The zero-order valence-corrected chi connectivity index (χ0v) is 12.0. The van der Waals surface area contributed by atoms with Crippen molar-refractivity contribution in [3.8, 4) is 5.75 Å². The van der Waals surface area contributed by atoms with Crippen LogP contribution in [-0.4, -0.2) is 7.11 Å². The summed E-state index contributed by atoms with van der Waals surface area (Å²) in [6.07, 6.45) is 0. The molecule has 3 nitrogen and oxygen atoms in total. The van der Waals surface area contributed by atoms with Crippen LogP contribution in [0.15, 0.2) is 36.4 Å². The van der Waals surface area contributed by atoms with Gasteiger partial charge in [-0.15, -0.1) is 0 Å². The first-order chi connectivity index (χ1) is 9.56. The van der Waals surface area contributed by atoms with Crippen LogP contribution in [0.5, 0.6) is 5.75 Å². The smallest absolute Gasteiger partial charge is 0.128 e. The van der Waals surface area contributed by atoms with E-state index in [2.05, 4.69) is 5.43 Å². The SMILES string of the molecule is COc1cc(Cl)ccc1C(NN)c1cc(C)ccc1F. The van der Waals surface area contributed by atoms with E-state index in [-0.39, 0.29) is 5.82 Å². The summed E-state index contributed by atoms with van der Waals surface area (Å²) in [6, 6.07) is 9.55. The van der Waals surface area contributed by atoms with Gasteiger partial charge in [-0.2, -0.15) is 0 Å². The lowest BCUT2D eigenvalue weighted by Crippen LogP contribution is -2.30. The summed E-state index contributed by atoms with van der Waals surface area (Å²) in [5.74, 6) is 5.85. The van der Waals surface area contributed by atoms with Gasteiger partial charge in [-0.25, -0.2) is 9.82 Å². The minimum Gasteiger partial charge on any atom is -0.496 e. The van der Waals surface area contributed by atoms with Crippen molar-refractivity contribution in [3.05, 3.63) is 63.9 Å². The van der Waals surface area contributed by atoms with Gasteiger partial charge in [-0.3, -0.25) is 5.84 Å². The molecule has 3 N–H and O–H groups in total. The topological polar surface area (TPSA) is 47.3 Å². The molecular formula is C15H16ClFN2O. The zero-order valence-electron chi connectivity index (χ0n) is 11.3. The Bertz CT molecular complexity index is 619. The second-order valence-electron chi connectivity index (χ2n) is 4.51. The first-order valence-corrected chi connectivity index (χ1v) is 6.50. The molecule has 0 spiro atoms. The molecule has 2 aromatic carbocycles. The standard InChI is InChI=1S/C15H16ClFN2O/c1-9-3-6-13(17)12(7-9)15(19-18)11-5-4-10(16)8-14(11)20-2/h3-8,15,19H,18H2,1-2H3. The Morgan fingerprint density at radius 2 is 1.95 bits per heavy atom. The van der Waals surface area contributed by atoms with Gasteiger partial charge in [0.05, 0.1) is 13.2 Å². The molecule has 2 aromatic rings. The van der Waals surface area contributed by atoms with E-state index in [0.717, 1.165) is 11.1 Å². The van der Waals surface area contributed by atoms with E-state index in [1.54, 1.807) is 30.3 Å². The van der Waals surface area contributed by atoms with Crippen LogP contribution in [-0.2, 0) is 0 Å². The lowest BCUT2D eigenvalue weighted by molar-refractivity contribution is 0.403. The lowest BCUT2D eigenvalue weighted by atomic mass is 9.96. The fraction of sp³-hybridized carbons (Fsp3) is 0.200. The van der Waals surface area contributed by atoms with E-state index in [4.69, 9.17) is 22.2 Å². The molecule has 0 heterocycles. The number of halogens is 2. The Hall–Kier alpha value is -1.62. The summed E-state index contributed by atoms with van der Waals surface area (Å²) in [7, 11) is 1.54. The molecule has 5 heteroatoms. The number of ether oxygens (including phenoxy) is 1. The van der Waals surface area contributed by atoms with Crippen LogP contribution >= 0.6 is 11.6 Å². The van der Waals surface area contributed by atoms with Crippen molar-refractivity contribution in [1.29, 1.82) is 0 Å². The summed E-state index contributed by atoms with van der Waals surface area (Å²) in [4.78, 5) is 0. The highest BCUT2D eigenvalue weighted by Gasteiger charge is 2.20. The summed E-state index contributed by atoms with van der Waals surface area (Å²) in [6.45, 7) is 1.90. The van der Waals surface area contributed by atoms with Crippen LogP contribution in [0.25, 0.3) is 0 Å². The number of hydrogen-bond donors (Lipinski definition) is 2. The van der Waals surface area contributed by atoms with Crippen molar-refractivity contribution in [3.63, 3.8) is 0 Å². The monoisotopic (exact) mass is 294 g/mol. The summed E-state index contributed by atoms with van der Waals surface area (Å²) in [5.41, 5.74) is 4.78. The maximum atomic E-state index is 14.0. The average molecular weight is 295 g/mol. The molecule has 106 valence electrons. The maximum absolute atomic E-state index is 14.0. The van der Waals surface area contributed by atoms with Crippen molar-refractivity contribution in [2.75, 3.05) is 7.11 Å². The third-order valence-electron chi connectivity index (χ3n) is 3.14. The Kier molecular flexibility index (Phi) is 4.60. The predicted molar refractivity (Wildman–Crippen MR) is 78.3 cm³/mol. The minimum atomic E-state index is -0.512. The van der Waals surface area contributed by atoms with Gasteiger partial charge in [0, 0.05) is 16.1 Å². The highest BCUT2D eigenvalue weighted by atomic mass is 35.5. The van der Waals surface area contributed by atoms with Crippen LogP contribution in [0.2, 0.25) is 5.02 Å². The molecule has 1 unspecified atom stereocenters. The quantitative estimate of drug-likeness (QED) is 0.671. The molecule has 0 saturated carbocycles. The van der Waals surface area contributed by atoms with Gasteiger partial charge in [-0.05, 0) is 25.1 Å². The maximum Gasteiger partial charge on any atom is 0.128 e. The van der Waals surface area contributed by atoms with Crippen molar-refractivity contribution in [2.45, 2.75) is 13.0 Å². The van der Waals surface area contributed by atoms with Gasteiger partial charge in [0.25, 0.3) is 0 Å². The first kappa shape index (κ1) is 14.8. The van der Waals surface area contributed by atoms with E-state index in [9.17, 15) is 4.39 Å². The summed E-state index contributed by atoms with van der Waals surface area (Å²) in [5, 5.41) is 0.547. The van der Waals surface area contributed by atoms with Crippen molar-refractivity contribution in [2.24, 2.45) is 5.84 Å². The number of rotatable bonds is 4. The fourth-order valence-corrected chi connectivity index (χ4v) is 2.32. The Labute approximate surface area is 122 Å². The number of nitrogens with two attached hydrogens (primary N) is 1. The van der Waals surface area contributed by atoms with Crippen LogP contribution in [0.4, 0.5) is 4.39 Å². The van der Waals surface area contributed by atoms with E-state index < -0.39 is 6.04 Å². The number of methoxy groups -OCH3 is 1. The molecule has 0 bridgehead atoms. The number of nitrogens with one attached hydrogen (secondary N) is 1. The average Bonchev–Trinajstić information content (AvgIpc) is 2.44. The van der Waals surface area contributed by atoms with Gasteiger partial charge in [0.15, 0.2) is 0 Å². The molecule has 0 aliphatic carbocycles. The number of hydrogen-bond acceptors (Lipinski definition) is 3. The number of benzene rings is 2. The third-order valence-corrected chi connectivity index (χ3v) is 3.37. The molecule has 0 aliphatic rings. The summed E-state index contributed by atoms with van der Waals surface area (Å²) >= 11 is 5.94. The Morgan fingerprint density at radius 1 is 1.20 bits per heavy atom. The van der Waals surface area contributed by atoms with Crippen LogP contribution < -0.4 is 16.0 Å². The second kappa shape index (κ2) is 6.22. The molecule has 0 fully saturated rings. The molecular weight excluding hydrogens is 279 g/mol. The van der Waals surface area contributed by atoms with Crippen LogP contribution in [0, 0.1) is 12.7 Å². The number of aryl methyl sites for hydroxylation is 1. The number of hydrazine groups is 1. The van der Waals surface area contributed by atoms with Gasteiger partial charge in [0.1, 0.15) is 11.6 Å². The van der Waals surface area contributed by atoms with E-state index in [1.165, 1.54) is 13.2 Å². The van der Waals surface area contributed by atoms with E-state index >= 15 is 0 Å². The second-order valence-corrected chi connectivity index (χ2v) is 4.95. The molecule has 20 heavy (non-hydrogen) atoms. The fourth-order valence-electron chi connectivity index (χ4n) is 2.15. The Morgan fingerprint density at radius 3 is 2.60 bits per heavy atom. The summed E-state index contributed by atoms with van der Waals surface area (Å²) < 4.78 is 19.3. The normalized spacial score (nSPS) is 12.2. The van der Waals surface area contributed by atoms with Crippen LogP contribution in [0.3, 0.4) is 0 Å². The van der Waals surface area contributed by atoms with Gasteiger partial charge >= 0.3 is 0 Å². The highest BCUT2D eigenvalue weighted by Crippen LogP contribution is 2.33. The largest absolute Gasteiger partial charge is 0.496 e. The van der Waals surface area contributed by atoms with Gasteiger partial charge in [0.2, 0.25) is 0 Å². The zero-order chi connectivity index (χ0) is 14.7. The molecule has 2 rings (SSSR count). The predicted octanol–water partition coefficient (Wildman–Crippen LogP) is 3.35. The molecule has 0 aliphatic heterocycles. The van der Waals surface area contributed by atoms with Crippen molar-refractivity contribution >= 4 is 11.6 Å². The molecule has 0 aromatic heterocycles. The van der Waals surface area contributed by atoms with Crippen molar-refractivity contribution < 1.29 is 9.13 Å². The molecule has 0 radical (unpaired) electrons. The van der Waals surface area contributed by atoms with Gasteiger partial charge in [-0.1, -0.05) is 35.4 Å². The molecule has 0 saturated heterocycles. The lowest BCUT2D eigenvalue weighted by Gasteiger charge is -2.20. The molecule has 0 amide bonds.